The van der Waals surface area contributed by atoms with E-state index in [0.717, 1.165) is 30.6 Å². The molecule has 215 valence electrons. The van der Waals surface area contributed by atoms with Gasteiger partial charge in [0.25, 0.3) is 0 Å². The number of nitrogens with zero attached hydrogens (tertiary/aromatic N) is 1. The van der Waals surface area contributed by atoms with Gasteiger partial charge in [0.1, 0.15) is 0 Å². The van der Waals surface area contributed by atoms with Gasteiger partial charge in [-0.25, -0.2) is 13.0 Å². The second-order valence-electron chi connectivity index (χ2n) is 11.1. The average molecular weight is 766 g/mol. The van der Waals surface area contributed by atoms with Crippen LogP contribution in [0.3, 0.4) is 0 Å². The zero-order chi connectivity index (χ0) is 27.8. The van der Waals surface area contributed by atoms with Crippen molar-refractivity contribution >= 4 is 20.0 Å². The molecule has 3 aromatic carbocycles. The number of aryl methyl sites for hydroxylation is 2. The monoisotopic (exact) mass is 766 g/mol. The SMILES string of the molecule is CC(C)Oc1ccccc1[CH]=[Ru][Cl].CCc1cccc(CC)c1N1[CH-][C@](C)([CH-]c2ccccc2)CC1(C)C.[CH3-].[Cs+]. The summed E-state index contributed by atoms with van der Waals surface area (Å²) in [6.45, 7) is 18.1. The second-order valence-corrected chi connectivity index (χ2v) is 12.9. The first-order valence-corrected chi connectivity index (χ1v) is 16.8. The molecule has 0 radical (unpaired) electrons. The van der Waals surface area contributed by atoms with E-state index in [1.54, 1.807) is 0 Å². The molecule has 4 rings (SSSR count). The van der Waals surface area contributed by atoms with Crippen LogP contribution in [0.15, 0.2) is 72.8 Å². The van der Waals surface area contributed by atoms with E-state index in [-0.39, 0.29) is 109 Å². The summed E-state index contributed by atoms with van der Waals surface area (Å²) in [5.74, 6) is 0.924. The molecule has 3 aromatic rings. The number of rotatable bonds is 8. The molecule has 40 heavy (non-hydrogen) atoms. The molecular formula is C35H46ClCsNORu-2. The number of benzene rings is 3. The molecule has 1 heterocycles. The third-order valence-corrected chi connectivity index (χ3v) is 8.01. The van der Waals surface area contributed by atoms with Crippen molar-refractivity contribution in [1.29, 1.82) is 0 Å². The van der Waals surface area contributed by atoms with Crippen LogP contribution in [0.4, 0.5) is 5.69 Å². The van der Waals surface area contributed by atoms with E-state index in [4.69, 9.17) is 14.4 Å². The van der Waals surface area contributed by atoms with Crippen LogP contribution in [0.2, 0.25) is 0 Å². The van der Waals surface area contributed by atoms with Crippen LogP contribution in [0, 0.1) is 25.8 Å². The number of halogens is 1. The maximum Gasteiger partial charge on any atom is 1.00 e. The van der Waals surface area contributed by atoms with E-state index in [1.165, 1.54) is 22.4 Å². The topological polar surface area (TPSA) is 12.5 Å². The Bertz CT molecular complexity index is 1170. The van der Waals surface area contributed by atoms with Crippen molar-refractivity contribution in [1.82, 2.24) is 0 Å². The van der Waals surface area contributed by atoms with Crippen LogP contribution in [-0.2, 0) is 28.5 Å². The summed E-state index contributed by atoms with van der Waals surface area (Å²) < 4.78 is 7.66. The minimum atomic E-state index is -0.191. The van der Waals surface area contributed by atoms with Gasteiger partial charge in [-0.15, -0.1) is 12.1 Å². The van der Waals surface area contributed by atoms with Gasteiger partial charge in [-0.1, -0.05) is 51.5 Å². The van der Waals surface area contributed by atoms with Gasteiger partial charge >= 0.3 is 159 Å². The minimum absolute atomic E-state index is 0. The van der Waals surface area contributed by atoms with Crippen LogP contribution < -0.4 is 78.5 Å². The van der Waals surface area contributed by atoms with Gasteiger partial charge in [-0.2, -0.15) is 23.1 Å². The Morgan fingerprint density at radius 3 is 2.08 bits per heavy atom. The molecule has 1 atom stereocenters. The summed E-state index contributed by atoms with van der Waals surface area (Å²) in [4.78, 5) is 2.56. The molecule has 0 amide bonds. The normalized spacial score (nSPS) is 17.7. The molecule has 1 fully saturated rings. The first kappa shape index (κ1) is 38.0. The molecule has 0 saturated carbocycles. The summed E-state index contributed by atoms with van der Waals surface area (Å²) >= 11 is -0.191. The summed E-state index contributed by atoms with van der Waals surface area (Å²) in [6.07, 6.45) is 5.90. The van der Waals surface area contributed by atoms with Crippen LogP contribution >= 0.6 is 9.69 Å². The average Bonchev–Trinajstić information content (AvgIpc) is 3.13. The van der Waals surface area contributed by atoms with Gasteiger partial charge in [-0.3, -0.25) is 0 Å². The van der Waals surface area contributed by atoms with Crippen molar-refractivity contribution in [3.8, 4) is 5.75 Å². The largest absolute Gasteiger partial charge is 1.00 e. The van der Waals surface area contributed by atoms with Crippen LogP contribution in [0.1, 0.15) is 77.1 Å². The zero-order valence-electron chi connectivity index (χ0n) is 25.9. The molecule has 0 N–H and O–H groups in total. The Hall–Kier alpha value is -0.0347. The van der Waals surface area contributed by atoms with Gasteiger partial charge in [0.15, 0.2) is 0 Å². The predicted molar refractivity (Wildman–Crippen MR) is 168 cm³/mol. The molecule has 0 spiro atoms. The first-order valence-electron chi connectivity index (χ1n) is 13.6. The summed E-state index contributed by atoms with van der Waals surface area (Å²) in [7, 11) is 5.72. The molecule has 0 aliphatic carbocycles. The molecule has 5 heteroatoms. The smallest absolute Gasteiger partial charge is 0.518 e. The number of anilines is 1. The molecule has 2 nitrogen and oxygen atoms in total. The fourth-order valence-corrected chi connectivity index (χ4v) is 6.52. The number of ether oxygens (including phenoxy) is 1. The van der Waals surface area contributed by atoms with E-state index in [0.29, 0.717) is 0 Å². The van der Waals surface area contributed by atoms with Crippen molar-refractivity contribution in [3.63, 3.8) is 0 Å². The molecule has 0 bridgehead atoms. The van der Waals surface area contributed by atoms with Crippen LogP contribution in [0.25, 0.3) is 0 Å². The summed E-state index contributed by atoms with van der Waals surface area (Å²) in [5.41, 5.74) is 6.91. The van der Waals surface area contributed by atoms with Gasteiger partial charge in [0, 0.05) is 11.2 Å². The van der Waals surface area contributed by atoms with E-state index < -0.39 is 0 Å². The first-order chi connectivity index (χ1) is 18.1. The summed E-state index contributed by atoms with van der Waals surface area (Å²) in [5, 5.41) is 0. The van der Waals surface area contributed by atoms with Gasteiger partial charge < -0.3 is 12.3 Å². The van der Waals surface area contributed by atoms with E-state index in [1.807, 2.05) is 42.7 Å². The standard InChI is InChI=1S/C24H31N.C10H12O.CH3.ClH.Cs.Ru/c1-6-20-14-11-15-21(7-2)22(20)25-18-24(5,17-23(25,3)4)16-19-12-9-8-10-13-19;1-8(2)11-10-7-5-4-6-9(10)3;;;;/h8-16,18H,6-7,17H2,1-5H3;3-8H,1-2H3;1H3;1H;;/q-2;;-1;;2*+1/p-1/t24-;;;;;/m1...../s1. The fraction of sp³-hybridized carbons (Fsp3) is 0.371. The molecule has 1 saturated heterocycles. The zero-order valence-corrected chi connectivity index (χ0v) is 34.7. The third kappa shape index (κ3) is 10.6. The van der Waals surface area contributed by atoms with Crippen LogP contribution in [-0.4, -0.2) is 16.3 Å². The third-order valence-electron chi connectivity index (χ3n) is 6.82. The Kier molecular flexibility index (Phi) is 17.0. The van der Waals surface area contributed by atoms with Crippen molar-refractivity contribution in [2.45, 2.75) is 79.4 Å². The number of hydrogen-bond acceptors (Lipinski definition) is 2. The molecule has 0 unspecified atom stereocenters. The van der Waals surface area contributed by atoms with Crippen molar-refractivity contribution in [3.05, 3.63) is 115 Å². The van der Waals surface area contributed by atoms with E-state index in [2.05, 4.69) is 101 Å². The predicted octanol–water partition coefficient (Wildman–Crippen LogP) is 6.54. The quantitative estimate of drug-likeness (QED) is 0.191. The van der Waals surface area contributed by atoms with Crippen molar-refractivity contribution in [2.24, 2.45) is 5.41 Å². The number of para-hydroxylation sites is 2. The van der Waals surface area contributed by atoms with Crippen LogP contribution in [0.5, 0.6) is 5.75 Å². The molecule has 1 aliphatic heterocycles. The summed E-state index contributed by atoms with van der Waals surface area (Å²) in [6, 6.07) is 25.5. The second kappa shape index (κ2) is 17.9. The Balaban J connectivity index is 0.000000456. The van der Waals surface area contributed by atoms with Crippen molar-refractivity contribution < 1.29 is 89.3 Å². The van der Waals surface area contributed by atoms with Gasteiger partial charge in [-0.05, 0) is 37.8 Å². The Morgan fingerprint density at radius 2 is 1.52 bits per heavy atom. The van der Waals surface area contributed by atoms with E-state index >= 15 is 0 Å². The molecule has 0 aromatic heterocycles. The van der Waals surface area contributed by atoms with Gasteiger partial charge in [0.2, 0.25) is 0 Å². The van der Waals surface area contributed by atoms with E-state index in [9.17, 15) is 0 Å². The fourth-order valence-electron chi connectivity index (χ4n) is 5.41. The number of hydrogen-bond donors (Lipinski definition) is 0. The molecule has 1 aliphatic rings. The van der Waals surface area contributed by atoms with Crippen molar-refractivity contribution in [2.75, 3.05) is 4.90 Å². The molecular weight excluding hydrogens is 720 g/mol. The Morgan fingerprint density at radius 1 is 0.950 bits per heavy atom. The minimum Gasteiger partial charge on any atom is -0.518 e. The maximum absolute atomic E-state index is 5.72. The van der Waals surface area contributed by atoms with Gasteiger partial charge in [0.05, 0.1) is 0 Å². The Labute approximate surface area is 315 Å². The maximum atomic E-state index is 5.72.